The van der Waals surface area contributed by atoms with Crippen molar-refractivity contribution in [3.63, 3.8) is 0 Å². The van der Waals surface area contributed by atoms with Crippen LogP contribution >= 0.6 is 0 Å². The molecule has 3 rings (SSSR count). The second-order valence-electron chi connectivity index (χ2n) is 3.82. The van der Waals surface area contributed by atoms with E-state index >= 15 is 0 Å². The number of pyridine rings is 1. The average molecular weight is 209 g/mol. The van der Waals surface area contributed by atoms with Crippen molar-refractivity contribution < 1.29 is 0 Å². The summed E-state index contributed by atoms with van der Waals surface area (Å²) >= 11 is 0. The molecule has 0 aliphatic carbocycles. The van der Waals surface area contributed by atoms with Gasteiger partial charge in [0.15, 0.2) is 0 Å². The van der Waals surface area contributed by atoms with Gasteiger partial charge in [-0.25, -0.2) is 4.98 Å². The highest BCUT2D eigenvalue weighted by Gasteiger charge is 2.05. The van der Waals surface area contributed by atoms with Gasteiger partial charge in [0, 0.05) is 16.5 Å². The molecule has 0 bridgehead atoms. The molecule has 78 valence electrons. The molecule has 1 heterocycles. The van der Waals surface area contributed by atoms with E-state index in [0.717, 1.165) is 21.7 Å². The van der Waals surface area contributed by atoms with Crippen LogP contribution in [0.3, 0.4) is 0 Å². The number of aromatic nitrogens is 1. The number of fused-ring (bicyclic) bond motifs is 3. The summed E-state index contributed by atoms with van der Waals surface area (Å²) in [6.45, 7) is 0. The summed E-state index contributed by atoms with van der Waals surface area (Å²) in [6.07, 6.45) is 0. The maximum absolute atomic E-state index is 5.92. The summed E-state index contributed by atoms with van der Waals surface area (Å²) < 4.78 is 0. The maximum Gasteiger partial charge on any atom is 0.131 e. The Morgan fingerprint density at radius 2 is 1.56 bits per heavy atom. The van der Waals surface area contributed by atoms with E-state index in [-0.39, 0.29) is 0 Å². The van der Waals surface area contributed by atoms with E-state index in [1.807, 2.05) is 42.5 Å². The molecule has 0 aliphatic rings. The first-order valence-electron chi connectivity index (χ1n) is 5.09. The maximum atomic E-state index is 5.92. The van der Waals surface area contributed by atoms with Gasteiger partial charge >= 0.3 is 0 Å². The van der Waals surface area contributed by atoms with Crippen LogP contribution in [0.5, 0.6) is 0 Å². The SMILES string of the molecule is Nc1ccc2c(c1)nc(N)c1ccccc12. The van der Waals surface area contributed by atoms with E-state index < -0.39 is 0 Å². The molecule has 3 heteroatoms. The lowest BCUT2D eigenvalue weighted by molar-refractivity contribution is 1.44. The van der Waals surface area contributed by atoms with Crippen molar-refractivity contribution in [1.29, 1.82) is 0 Å². The van der Waals surface area contributed by atoms with E-state index in [1.165, 1.54) is 0 Å². The van der Waals surface area contributed by atoms with E-state index in [4.69, 9.17) is 11.5 Å². The van der Waals surface area contributed by atoms with Gasteiger partial charge in [-0.15, -0.1) is 0 Å². The average Bonchev–Trinajstić information content (AvgIpc) is 2.29. The first-order valence-corrected chi connectivity index (χ1v) is 5.09. The summed E-state index contributed by atoms with van der Waals surface area (Å²) in [7, 11) is 0. The molecule has 4 N–H and O–H groups in total. The summed E-state index contributed by atoms with van der Waals surface area (Å²) in [5.41, 5.74) is 13.2. The van der Waals surface area contributed by atoms with Crippen molar-refractivity contribution in [1.82, 2.24) is 4.98 Å². The molecule has 0 radical (unpaired) electrons. The summed E-state index contributed by atoms with van der Waals surface area (Å²) in [4.78, 5) is 4.36. The fourth-order valence-corrected chi connectivity index (χ4v) is 2.00. The molecule has 0 unspecified atom stereocenters. The number of hydrogen-bond donors (Lipinski definition) is 2. The van der Waals surface area contributed by atoms with E-state index in [2.05, 4.69) is 4.98 Å². The Kier molecular flexibility index (Phi) is 1.74. The topological polar surface area (TPSA) is 64.9 Å². The second-order valence-corrected chi connectivity index (χ2v) is 3.82. The predicted molar refractivity (Wildman–Crippen MR) is 68.1 cm³/mol. The van der Waals surface area contributed by atoms with Crippen LogP contribution in [0.25, 0.3) is 21.7 Å². The van der Waals surface area contributed by atoms with E-state index in [0.29, 0.717) is 11.5 Å². The number of nitrogens with zero attached hydrogens (tertiary/aromatic N) is 1. The number of rotatable bonds is 0. The quantitative estimate of drug-likeness (QED) is 0.441. The van der Waals surface area contributed by atoms with Crippen molar-refractivity contribution in [3.05, 3.63) is 42.5 Å². The first kappa shape index (κ1) is 8.97. The van der Waals surface area contributed by atoms with Crippen molar-refractivity contribution in [2.45, 2.75) is 0 Å². The molecule has 0 saturated heterocycles. The smallest absolute Gasteiger partial charge is 0.131 e. The molecular weight excluding hydrogens is 198 g/mol. The lowest BCUT2D eigenvalue weighted by Gasteiger charge is -2.06. The third-order valence-corrected chi connectivity index (χ3v) is 2.76. The molecule has 3 aromatic rings. The predicted octanol–water partition coefficient (Wildman–Crippen LogP) is 2.55. The summed E-state index contributed by atoms with van der Waals surface area (Å²) in [5.74, 6) is 0.550. The highest BCUT2D eigenvalue weighted by Crippen LogP contribution is 2.28. The van der Waals surface area contributed by atoms with Crippen LogP contribution in [0.1, 0.15) is 0 Å². The van der Waals surface area contributed by atoms with Gasteiger partial charge in [0.2, 0.25) is 0 Å². The lowest BCUT2D eigenvalue weighted by Crippen LogP contribution is -1.94. The van der Waals surface area contributed by atoms with Crippen molar-refractivity contribution >= 4 is 33.2 Å². The van der Waals surface area contributed by atoms with Gasteiger partial charge in [0.05, 0.1) is 5.52 Å². The normalized spacial score (nSPS) is 11.0. The Morgan fingerprint density at radius 1 is 0.812 bits per heavy atom. The van der Waals surface area contributed by atoms with E-state index in [9.17, 15) is 0 Å². The van der Waals surface area contributed by atoms with E-state index in [1.54, 1.807) is 0 Å². The lowest BCUT2D eigenvalue weighted by atomic mass is 10.1. The molecule has 3 nitrogen and oxygen atoms in total. The molecule has 0 atom stereocenters. The Morgan fingerprint density at radius 3 is 2.38 bits per heavy atom. The fourth-order valence-electron chi connectivity index (χ4n) is 2.00. The van der Waals surface area contributed by atoms with Crippen molar-refractivity contribution in [2.24, 2.45) is 0 Å². The fraction of sp³-hybridized carbons (Fsp3) is 0. The van der Waals surface area contributed by atoms with Gasteiger partial charge < -0.3 is 11.5 Å². The number of nitrogen functional groups attached to an aromatic ring is 2. The Labute approximate surface area is 92.7 Å². The van der Waals surface area contributed by atoms with Crippen LogP contribution < -0.4 is 11.5 Å². The second kappa shape index (κ2) is 3.10. The van der Waals surface area contributed by atoms with Gasteiger partial charge in [-0.3, -0.25) is 0 Å². The molecule has 0 spiro atoms. The van der Waals surface area contributed by atoms with Gasteiger partial charge in [-0.05, 0) is 17.5 Å². The molecule has 0 saturated carbocycles. The van der Waals surface area contributed by atoms with Crippen LogP contribution in [-0.4, -0.2) is 4.98 Å². The largest absolute Gasteiger partial charge is 0.399 e. The number of anilines is 2. The number of nitrogens with two attached hydrogens (primary N) is 2. The van der Waals surface area contributed by atoms with Gasteiger partial charge in [-0.2, -0.15) is 0 Å². The monoisotopic (exact) mass is 209 g/mol. The van der Waals surface area contributed by atoms with Crippen LogP contribution in [0, 0.1) is 0 Å². The Balaban J connectivity index is 2.59. The summed E-state index contributed by atoms with van der Waals surface area (Å²) in [6, 6.07) is 13.7. The third-order valence-electron chi connectivity index (χ3n) is 2.76. The number of benzene rings is 2. The molecule has 0 fully saturated rings. The zero-order valence-electron chi connectivity index (χ0n) is 8.64. The third kappa shape index (κ3) is 1.18. The minimum atomic E-state index is 0.550. The zero-order valence-corrected chi connectivity index (χ0v) is 8.64. The minimum absolute atomic E-state index is 0.550. The molecule has 1 aromatic heterocycles. The molecule has 16 heavy (non-hydrogen) atoms. The number of hydrogen-bond acceptors (Lipinski definition) is 3. The Hall–Kier alpha value is -2.29. The van der Waals surface area contributed by atoms with Crippen molar-refractivity contribution in [3.8, 4) is 0 Å². The Bertz CT molecular complexity index is 689. The van der Waals surface area contributed by atoms with Crippen LogP contribution in [-0.2, 0) is 0 Å². The first-order chi connectivity index (χ1) is 7.75. The molecular formula is C13H11N3. The van der Waals surface area contributed by atoms with Crippen LogP contribution in [0.4, 0.5) is 11.5 Å². The minimum Gasteiger partial charge on any atom is -0.399 e. The summed E-state index contributed by atoms with van der Waals surface area (Å²) in [5, 5.41) is 3.18. The molecule has 0 aliphatic heterocycles. The highest BCUT2D eigenvalue weighted by molar-refractivity contribution is 6.10. The molecule has 0 amide bonds. The highest BCUT2D eigenvalue weighted by atomic mass is 14.8. The molecule has 2 aromatic carbocycles. The standard InChI is InChI=1S/C13H11N3/c14-8-5-6-10-9-3-1-2-4-11(9)13(15)16-12(10)7-8/h1-7H,14H2,(H2,15,16). The van der Waals surface area contributed by atoms with Crippen molar-refractivity contribution in [2.75, 3.05) is 11.5 Å². The van der Waals surface area contributed by atoms with Crippen LogP contribution in [0.2, 0.25) is 0 Å². The van der Waals surface area contributed by atoms with Gasteiger partial charge in [0.25, 0.3) is 0 Å². The van der Waals surface area contributed by atoms with Gasteiger partial charge in [0.1, 0.15) is 5.82 Å². The zero-order chi connectivity index (χ0) is 11.1. The van der Waals surface area contributed by atoms with Crippen LogP contribution in [0.15, 0.2) is 42.5 Å². The van der Waals surface area contributed by atoms with Gasteiger partial charge in [-0.1, -0.05) is 30.3 Å².